The van der Waals surface area contributed by atoms with E-state index >= 15 is 0 Å². The first-order valence-electron chi connectivity index (χ1n) is 9.48. The molecule has 2 aromatic heterocycles. The minimum atomic E-state index is -0.303. The predicted molar refractivity (Wildman–Crippen MR) is 117 cm³/mol. The molecule has 3 N–H and O–H groups in total. The van der Waals surface area contributed by atoms with Crippen LogP contribution in [0.5, 0.6) is 0 Å². The molecule has 2 aromatic rings. The summed E-state index contributed by atoms with van der Waals surface area (Å²) in [5.74, 6) is -0.309. The molecule has 9 nitrogen and oxygen atoms in total. The third-order valence-electron chi connectivity index (χ3n) is 3.22. The number of nitrogen functional groups attached to an aromatic ring is 1. The van der Waals surface area contributed by atoms with Crippen molar-refractivity contribution in [1.82, 2.24) is 9.97 Å². The molecule has 0 atom stereocenters. The van der Waals surface area contributed by atoms with Crippen LogP contribution >= 0.6 is 22.7 Å². The van der Waals surface area contributed by atoms with Crippen LogP contribution in [0.2, 0.25) is 0 Å². The van der Waals surface area contributed by atoms with Crippen LogP contribution in [-0.4, -0.2) is 41.0 Å². The van der Waals surface area contributed by atoms with Crippen molar-refractivity contribution in [3.63, 3.8) is 0 Å². The number of hydrogen-bond acceptors (Lipinski definition) is 10. The summed E-state index contributed by atoms with van der Waals surface area (Å²) in [6.07, 6.45) is 0.818. The summed E-state index contributed by atoms with van der Waals surface area (Å²) in [5, 5.41) is 7.23. The summed E-state index contributed by atoms with van der Waals surface area (Å²) in [6.45, 7) is 8.25. The molecule has 166 valence electrons. The highest BCUT2D eigenvalue weighted by molar-refractivity contribution is 7.14. The Balaban J connectivity index is 0.000000325. The van der Waals surface area contributed by atoms with Crippen LogP contribution in [0, 0.1) is 5.92 Å². The van der Waals surface area contributed by atoms with Crippen LogP contribution in [0.1, 0.15) is 45.5 Å². The molecule has 0 saturated heterocycles. The molecule has 0 bridgehead atoms. The molecule has 0 spiro atoms. The number of hydrogen-bond donors (Lipinski definition) is 2. The van der Waals surface area contributed by atoms with E-state index in [0.717, 1.165) is 0 Å². The van der Waals surface area contributed by atoms with E-state index in [1.54, 1.807) is 24.6 Å². The van der Waals surface area contributed by atoms with Crippen LogP contribution in [-0.2, 0) is 36.7 Å². The summed E-state index contributed by atoms with van der Waals surface area (Å²) in [4.78, 5) is 41.8. The average molecular weight is 457 g/mol. The lowest BCUT2D eigenvalue weighted by Gasteiger charge is -2.03. The zero-order valence-corrected chi connectivity index (χ0v) is 19.2. The molecule has 0 aliphatic rings. The number of thiazole rings is 2. The number of aromatic nitrogens is 2. The Labute approximate surface area is 184 Å². The van der Waals surface area contributed by atoms with Gasteiger partial charge >= 0.3 is 11.9 Å². The fourth-order valence-electron chi connectivity index (χ4n) is 2.11. The molecule has 0 fully saturated rings. The summed E-state index contributed by atoms with van der Waals surface area (Å²) in [5.41, 5.74) is 6.68. The van der Waals surface area contributed by atoms with Crippen molar-refractivity contribution >= 4 is 50.8 Å². The molecule has 0 saturated carbocycles. The predicted octanol–water partition coefficient (Wildman–Crippen LogP) is 3.06. The van der Waals surface area contributed by atoms with Crippen molar-refractivity contribution in [3.8, 4) is 0 Å². The van der Waals surface area contributed by atoms with Gasteiger partial charge in [-0.1, -0.05) is 13.8 Å². The molecule has 11 heteroatoms. The Hall–Kier alpha value is -2.53. The average Bonchev–Trinajstić information content (AvgIpc) is 3.23. The van der Waals surface area contributed by atoms with Crippen molar-refractivity contribution in [2.45, 2.75) is 47.0 Å². The Morgan fingerprint density at radius 2 is 1.53 bits per heavy atom. The van der Waals surface area contributed by atoms with Gasteiger partial charge in [-0.2, -0.15) is 0 Å². The highest BCUT2D eigenvalue weighted by Gasteiger charge is 2.11. The molecular formula is C19H28N4O5S2. The largest absolute Gasteiger partial charge is 0.466 e. The first-order valence-corrected chi connectivity index (χ1v) is 11.2. The van der Waals surface area contributed by atoms with Gasteiger partial charge in [-0.25, -0.2) is 9.97 Å². The molecular weight excluding hydrogens is 428 g/mol. The molecule has 0 aliphatic carbocycles. The summed E-state index contributed by atoms with van der Waals surface area (Å²) in [6, 6.07) is 0. The normalized spacial score (nSPS) is 10.2. The lowest BCUT2D eigenvalue weighted by atomic mass is 10.1. The minimum Gasteiger partial charge on any atom is -0.466 e. The van der Waals surface area contributed by atoms with Crippen LogP contribution in [0.15, 0.2) is 10.8 Å². The quantitative estimate of drug-likeness (QED) is 0.550. The number of nitrogens with zero attached hydrogens (tertiary/aromatic N) is 2. The maximum Gasteiger partial charge on any atom is 0.311 e. The highest BCUT2D eigenvalue weighted by Crippen LogP contribution is 2.17. The van der Waals surface area contributed by atoms with Crippen molar-refractivity contribution in [1.29, 1.82) is 0 Å². The number of amides is 1. The second-order valence-electron chi connectivity index (χ2n) is 6.43. The topological polar surface area (TPSA) is 134 Å². The number of nitrogens with one attached hydrogen (secondary N) is 1. The van der Waals surface area contributed by atoms with Gasteiger partial charge < -0.3 is 20.5 Å². The number of anilines is 2. The van der Waals surface area contributed by atoms with E-state index in [4.69, 9.17) is 15.2 Å². The zero-order chi connectivity index (χ0) is 22.5. The van der Waals surface area contributed by atoms with Gasteiger partial charge in [-0.15, -0.1) is 22.7 Å². The molecule has 1 amide bonds. The number of rotatable bonds is 9. The van der Waals surface area contributed by atoms with Crippen molar-refractivity contribution < 1.29 is 23.9 Å². The van der Waals surface area contributed by atoms with Gasteiger partial charge in [-0.3, -0.25) is 14.4 Å². The van der Waals surface area contributed by atoms with Gasteiger partial charge in [0.05, 0.1) is 37.4 Å². The first-order chi connectivity index (χ1) is 14.2. The van der Waals surface area contributed by atoms with E-state index < -0.39 is 0 Å². The monoisotopic (exact) mass is 456 g/mol. The lowest BCUT2D eigenvalue weighted by Crippen LogP contribution is -2.14. The van der Waals surface area contributed by atoms with E-state index in [0.29, 0.717) is 47.2 Å². The number of carbonyl (C=O) groups excluding carboxylic acids is 3. The Bertz CT molecular complexity index is 819. The number of ether oxygens (including phenoxy) is 2. The second kappa shape index (κ2) is 13.6. The van der Waals surface area contributed by atoms with Crippen molar-refractivity contribution in [2.24, 2.45) is 5.92 Å². The molecule has 30 heavy (non-hydrogen) atoms. The summed E-state index contributed by atoms with van der Waals surface area (Å²) >= 11 is 2.64. The highest BCUT2D eigenvalue weighted by atomic mass is 32.1. The van der Waals surface area contributed by atoms with E-state index in [9.17, 15) is 14.4 Å². The van der Waals surface area contributed by atoms with Gasteiger partial charge in [0.2, 0.25) is 5.91 Å². The number of carbonyl (C=O) groups is 3. The van der Waals surface area contributed by atoms with Crippen LogP contribution < -0.4 is 11.1 Å². The number of nitrogens with two attached hydrogens (primary N) is 1. The van der Waals surface area contributed by atoms with Gasteiger partial charge in [0.1, 0.15) is 0 Å². The van der Waals surface area contributed by atoms with E-state index in [2.05, 4.69) is 15.3 Å². The SMILES string of the molecule is CCOC(=O)Cc1csc(N)n1.CCOC(=O)Cc1csc(NC(=O)CC(C)C)n1. The molecule has 0 aromatic carbocycles. The fourth-order valence-corrected chi connectivity index (χ4v) is 3.40. The van der Waals surface area contributed by atoms with Crippen LogP contribution in [0.25, 0.3) is 0 Å². The standard InChI is InChI=1S/C12H18N2O3S.C7H10N2O2S/c1-4-17-11(16)6-9-7-18-12(13-9)14-10(15)5-8(2)3;1-2-11-6(10)3-5-4-12-7(8)9-5/h7-8H,4-6H2,1-3H3,(H,13,14,15);4H,2-3H2,1H3,(H2,8,9). The van der Waals surface area contributed by atoms with Crippen LogP contribution in [0.3, 0.4) is 0 Å². The second-order valence-corrected chi connectivity index (χ2v) is 8.18. The van der Waals surface area contributed by atoms with Gasteiger partial charge in [0.15, 0.2) is 10.3 Å². The smallest absolute Gasteiger partial charge is 0.311 e. The van der Waals surface area contributed by atoms with Gasteiger partial charge in [0.25, 0.3) is 0 Å². The lowest BCUT2D eigenvalue weighted by molar-refractivity contribution is -0.143. The zero-order valence-electron chi connectivity index (χ0n) is 17.6. The van der Waals surface area contributed by atoms with Gasteiger partial charge in [0, 0.05) is 17.2 Å². The Kier molecular flexibility index (Phi) is 11.6. The maximum atomic E-state index is 11.5. The molecule has 0 unspecified atom stereocenters. The molecule has 0 radical (unpaired) electrons. The number of esters is 2. The van der Waals surface area contributed by atoms with Crippen LogP contribution in [0.4, 0.5) is 10.3 Å². The van der Waals surface area contributed by atoms with Crippen molar-refractivity contribution in [2.75, 3.05) is 24.3 Å². The summed E-state index contributed by atoms with van der Waals surface area (Å²) in [7, 11) is 0. The minimum absolute atomic E-state index is 0.0537. The maximum absolute atomic E-state index is 11.5. The van der Waals surface area contributed by atoms with Crippen molar-refractivity contribution in [3.05, 3.63) is 22.1 Å². The van der Waals surface area contributed by atoms with E-state index in [1.807, 2.05) is 13.8 Å². The Morgan fingerprint density at radius 1 is 1.00 bits per heavy atom. The first kappa shape index (κ1) is 25.5. The molecule has 0 aliphatic heterocycles. The van der Waals surface area contributed by atoms with Gasteiger partial charge in [-0.05, 0) is 19.8 Å². The fraction of sp³-hybridized carbons (Fsp3) is 0.526. The third-order valence-corrected chi connectivity index (χ3v) is 4.75. The molecule has 2 heterocycles. The summed E-state index contributed by atoms with van der Waals surface area (Å²) < 4.78 is 9.57. The Morgan fingerprint density at radius 3 is 2.00 bits per heavy atom. The van der Waals surface area contributed by atoms with E-state index in [1.165, 1.54) is 22.7 Å². The molecule has 2 rings (SSSR count). The third kappa shape index (κ3) is 10.9. The van der Waals surface area contributed by atoms with E-state index in [-0.39, 0.29) is 30.7 Å².